The van der Waals surface area contributed by atoms with E-state index in [0.29, 0.717) is 25.1 Å². The van der Waals surface area contributed by atoms with Gasteiger partial charge in [-0.3, -0.25) is 9.59 Å². The number of carbonyl (C=O) groups excluding carboxylic acids is 2. The second-order valence-electron chi connectivity index (χ2n) is 7.33. The van der Waals surface area contributed by atoms with Crippen LogP contribution in [0.1, 0.15) is 34.3 Å². The number of likely N-dealkylation sites (tertiary alicyclic amines) is 1. The Kier molecular flexibility index (Phi) is 5.71. The van der Waals surface area contributed by atoms with Crippen LogP contribution < -0.4 is 4.90 Å². The molecule has 0 aliphatic carbocycles. The quantitative estimate of drug-likeness (QED) is 0.620. The SMILES string of the molecule is O=C1CCCN1Cc1ccc(C(=O)N(Cc2ccccc2)c2ccccc2)cc1. The molecular formula is C25H24N2O2. The van der Waals surface area contributed by atoms with Crippen LogP contribution in [0, 0.1) is 0 Å². The van der Waals surface area contributed by atoms with Crippen LogP contribution in [0.3, 0.4) is 0 Å². The minimum absolute atomic E-state index is 0.0381. The number of para-hydroxylation sites is 1. The van der Waals surface area contributed by atoms with Crippen LogP contribution in [0.4, 0.5) is 5.69 Å². The van der Waals surface area contributed by atoms with Crippen molar-refractivity contribution in [2.45, 2.75) is 25.9 Å². The molecule has 1 aliphatic heterocycles. The van der Waals surface area contributed by atoms with Gasteiger partial charge in [0.15, 0.2) is 0 Å². The zero-order valence-electron chi connectivity index (χ0n) is 16.3. The number of rotatable bonds is 6. The summed E-state index contributed by atoms with van der Waals surface area (Å²) in [5.74, 6) is 0.173. The standard InChI is InChI=1S/C25H24N2O2/c28-24-12-7-17-26(24)18-21-13-15-22(16-14-21)25(29)27(23-10-5-2-6-11-23)19-20-8-3-1-4-9-20/h1-6,8-11,13-16H,7,12,17-19H2. The van der Waals surface area contributed by atoms with Crippen molar-refractivity contribution in [1.29, 1.82) is 0 Å². The van der Waals surface area contributed by atoms with Gasteiger partial charge in [-0.05, 0) is 41.8 Å². The number of benzene rings is 3. The smallest absolute Gasteiger partial charge is 0.258 e. The number of carbonyl (C=O) groups is 2. The second kappa shape index (κ2) is 8.74. The van der Waals surface area contributed by atoms with Crippen molar-refractivity contribution in [3.63, 3.8) is 0 Å². The number of amides is 2. The molecule has 3 aromatic carbocycles. The number of hydrogen-bond donors (Lipinski definition) is 0. The highest BCUT2D eigenvalue weighted by Gasteiger charge is 2.21. The van der Waals surface area contributed by atoms with E-state index in [1.54, 1.807) is 4.90 Å². The Morgan fingerprint density at radius 1 is 0.828 bits per heavy atom. The van der Waals surface area contributed by atoms with E-state index < -0.39 is 0 Å². The molecule has 0 spiro atoms. The lowest BCUT2D eigenvalue weighted by molar-refractivity contribution is -0.128. The summed E-state index contributed by atoms with van der Waals surface area (Å²) in [4.78, 5) is 28.8. The fourth-order valence-electron chi connectivity index (χ4n) is 3.65. The van der Waals surface area contributed by atoms with Gasteiger partial charge in [0, 0.05) is 30.8 Å². The average molecular weight is 384 g/mol. The predicted octanol–water partition coefficient (Wildman–Crippen LogP) is 4.66. The van der Waals surface area contributed by atoms with Crippen molar-refractivity contribution >= 4 is 17.5 Å². The Labute approximate surface area is 171 Å². The normalized spacial score (nSPS) is 13.5. The van der Waals surface area contributed by atoms with Gasteiger partial charge in [-0.2, -0.15) is 0 Å². The Balaban J connectivity index is 1.54. The topological polar surface area (TPSA) is 40.6 Å². The second-order valence-corrected chi connectivity index (χ2v) is 7.33. The average Bonchev–Trinajstić information content (AvgIpc) is 3.18. The molecule has 0 bridgehead atoms. The zero-order chi connectivity index (χ0) is 20.1. The van der Waals surface area contributed by atoms with Crippen molar-refractivity contribution in [2.24, 2.45) is 0 Å². The third-order valence-corrected chi connectivity index (χ3v) is 5.24. The van der Waals surface area contributed by atoms with Crippen molar-refractivity contribution in [3.8, 4) is 0 Å². The summed E-state index contributed by atoms with van der Waals surface area (Å²) in [7, 11) is 0. The van der Waals surface area contributed by atoms with E-state index >= 15 is 0 Å². The Morgan fingerprint density at radius 3 is 2.10 bits per heavy atom. The van der Waals surface area contributed by atoms with E-state index in [9.17, 15) is 9.59 Å². The van der Waals surface area contributed by atoms with Gasteiger partial charge in [0.1, 0.15) is 0 Å². The summed E-state index contributed by atoms with van der Waals surface area (Å²) in [6.45, 7) is 1.94. The maximum atomic E-state index is 13.3. The van der Waals surface area contributed by atoms with Crippen molar-refractivity contribution in [1.82, 2.24) is 4.90 Å². The van der Waals surface area contributed by atoms with Crippen molar-refractivity contribution in [3.05, 3.63) is 102 Å². The van der Waals surface area contributed by atoms with E-state index in [2.05, 4.69) is 0 Å². The van der Waals surface area contributed by atoms with Crippen molar-refractivity contribution in [2.75, 3.05) is 11.4 Å². The van der Waals surface area contributed by atoms with Crippen LogP contribution >= 0.6 is 0 Å². The fraction of sp³-hybridized carbons (Fsp3) is 0.200. The highest BCUT2D eigenvalue weighted by Crippen LogP contribution is 2.21. The molecule has 1 aliphatic rings. The summed E-state index contributed by atoms with van der Waals surface area (Å²) < 4.78 is 0. The monoisotopic (exact) mass is 384 g/mol. The Morgan fingerprint density at radius 2 is 1.48 bits per heavy atom. The summed E-state index contributed by atoms with van der Waals surface area (Å²) in [6, 6.07) is 27.3. The van der Waals surface area contributed by atoms with Gasteiger partial charge in [-0.1, -0.05) is 60.7 Å². The molecule has 146 valence electrons. The van der Waals surface area contributed by atoms with Crippen LogP contribution in [0.15, 0.2) is 84.9 Å². The number of nitrogens with zero attached hydrogens (tertiary/aromatic N) is 2. The largest absolute Gasteiger partial charge is 0.338 e. The van der Waals surface area contributed by atoms with Crippen LogP contribution in [-0.4, -0.2) is 23.3 Å². The zero-order valence-corrected chi connectivity index (χ0v) is 16.3. The molecule has 1 saturated heterocycles. The Bertz CT molecular complexity index is 969. The molecule has 0 saturated carbocycles. The first-order valence-electron chi connectivity index (χ1n) is 9.98. The molecule has 4 nitrogen and oxygen atoms in total. The molecule has 0 N–H and O–H groups in total. The van der Waals surface area contributed by atoms with Gasteiger partial charge in [-0.15, -0.1) is 0 Å². The van der Waals surface area contributed by atoms with Crippen LogP contribution in [0.5, 0.6) is 0 Å². The predicted molar refractivity (Wildman–Crippen MR) is 114 cm³/mol. The third kappa shape index (κ3) is 4.54. The first-order chi connectivity index (χ1) is 14.2. The van der Waals surface area contributed by atoms with Crippen LogP contribution in [-0.2, 0) is 17.9 Å². The van der Waals surface area contributed by atoms with E-state index in [1.807, 2.05) is 89.8 Å². The van der Waals surface area contributed by atoms with E-state index in [1.165, 1.54) is 0 Å². The molecule has 4 rings (SSSR count). The minimum Gasteiger partial charge on any atom is -0.338 e. The van der Waals surface area contributed by atoms with Gasteiger partial charge >= 0.3 is 0 Å². The molecule has 0 atom stereocenters. The lowest BCUT2D eigenvalue weighted by Crippen LogP contribution is -2.30. The molecular weight excluding hydrogens is 360 g/mol. The van der Waals surface area contributed by atoms with Crippen molar-refractivity contribution < 1.29 is 9.59 Å². The summed E-state index contributed by atoms with van der Waals surface area (Å²) in [5, 5.41) is 0. The van der Waals surface area contributed by atoms with Gasteiger partial charge < -0.3 is 9.80 Å². The van der Waals surface area contributed by atoms with Gasteiger partial charge in [0.2, 0.25) is 5.91 Å². The number of anilines is 1. The third-order valence-electron chi connectivity index (χ3n) is 5.24. The molecule has 2 amide bonds. The summed E-state index contributed by atoms with van der Waals surface area (Å²) in [6.07, 6.45) is 1.57. The first kappa shape index (κ1) is 18.9. The highest BCUT2D eigenvalue weighted by molar-refractivity contribution is 6.06. The van der Waals surface area contributed by atoms with Gasteiger partial charge in [-0.25, -0.2) is 0 Å². The molecule has 0 radical (unpaired) electrons. The summed E-state index contributed by atoms with van der Waals surface area (Å²) >= 11 is 0. The lowest BCUT2D eigenvalue weighted by atomic mass is 10.1. The molecule has 1 heterocycles. The molecule has 0 aromatic heterocycles. The number of hydrogen-bond acceptors (Lipinski definition) is 2. The maximum Gasteiger partial charge on any atom is 0.258 e. The molecule has 29 heavy (non-hydrogen) atoms. The first-order valence-corrected chi connectivity index (χ1v) is 9.98. The fourth-order valence-corrected chi connectivity index (χ4v) is 3.65. The molecule has 0 unspecified atom stereocenters. The van der Waals surface area contributed by atoms with Crippen LogP contribution in [0.2, 0.25) is 0 Å². The lowest BCUT2D eigenvalue weighted by Gasteiger charge is -2.23. The highest BCUT2D eigenvalue weighted by atomic mass is 16.2. The molecule has 3 aromatic rings. The van der Waals surface area contributed by atoms with E-state index in [0.717, 1.165) is 29.8 Å². The van der Waals surface area contributed by atoms with Crippen LogP contribution in [0.25, 0.3) is 0 Å². The maximum absolute atomic E-state index is 13.3. The molecule has 4 heteroatoms. The van der Waals surface area contributed by atoms with Gasteiger partial charge in [0.25, 0.3) is 5.91 Å². The van der Waals surface area contributed by atoms with Gasteiger partial charge in [0.05, 0.1) is 6.54 Å². The summed E-state index contributed by atoms with van der Waals surface area (Å²) in [5.41, 5.74) is 3.63. The minimum atomic E-state index is -0.0381. The molecule has 1 fully saturated rings. The van der Waals surface area contributed by atoms with E-state index in [4.69, 9.17) is 0 Å². The Hall–Kier alpha value is -3.40. The van der Waals surface area contributed by atoms with E-state index in [-0.39, 0.29) is 11.8 Å².